The summed E-state index contributed by atoms with van der Waals surface area (Å²) in [5, 5.41) is 4.81. The third-order valence-electron chi connectivity index (χ3n) is 8.04. The molecule has 0 N–H and O–H groups in total. The van der Waals surface area contributed by atoms with E-state index in [1.54, 1.807) is 17.0 Å². The second kappa shape index (κ2) is 17.1. The van der Waals surface area contributed by atoms with Crippen LogP contribution in [-0.2, 0) is 16.1 Å². The molecule has 2 heterocycles. The Balaban J connectivity index is 1.36. The van der Waals surface area contributed by atoms with Gasteiger partial charge in [0.1, 0.15) is 12.6 Å². The number of halogens is 1. The highest BCUT2D eigenvalue weighted by Gasteiger charge is 2.33. The van der Waals surface area contributed by atoms with Gasteiger partial charge in [0.05, 0.1) is 0 Å². The number of likely N-dealkylation sites (tertiary alicyclic amines) is 1. The first kappa shape index (κ1) is 31.7. The van der Waals surface area contributed by atoms with Gasteiger partial charge in [-0.05, 0) is 55.5 Å². The molecule has 1 aliphatic rings. The van der Waals surface area contributed by atoms with Crippen molar-refractivity contribution in [1.82, 2.24) is 19.9 Å². The van der Waals surface area contributed by atoms with Crippen molar-refractivity contribution < 1.29 is 14.1 Å². The molecule has 2 amide bonds. The van der Waals surface area contributed by atoms with Crippen molar-refractivity contribution in [3.8, 4) is 11.4 Å². The van der Waals surface area contributed by atoms with Crippen molar-refractivity contribution in [2.75, 3.05) is 13.1 Å². The van der Waals surface area contributed by atoms with Crippen LogP contribution in [0.2, 0.25) is 5.02 Å². The van der Waals surface area contributed by atoms with Crippen LogP contribution in [0.3, 0.4) is 0 Å². The lowest BCUT2D eigenvalue weighted by molar-refractivity contribution is -0.143. The first-order valence-corrected chi connectivity index (χ1v) is 16.1. The fraction of sp³-hybridized carbons (Fsp3) is 0.529. The van der Waals surface area contributed by atoms with E-state index in [2.05, 4.69) is 17.1 Å². The summed E-state index contributed by atoms with van der Waals surface area (Å²) >= 11 is 6.03. The lowest BCUT2D eigenvalue weighted by Crippen LogP contribution is -2.45. The molecule has 1 atom stereocenters. The standard InChI is InChI=1S/C34H45ClN4O3/c1-2-3-4-5-6-7-8-9-13-19-31(40)38(25-27-16-11-10-12-17-27)26-32(41)39-24-15-14-18-30(39)34-36-33(37-42-34)28-20-22-29(35)23-21-28/h10-12,16-17,20-23,30H,2-9,13-15,18-19,24-26H2,1H3/t30-/m0/s1. The summed E-state index contributed by atoms with van der Waals surface area (Å²) in [6.45, 7) is 3.30. The number of rotatable bonds is 16. The molecule has 0 aliphatic carbocycles. The maximum Gasteiger partial charge on any atom is 0.249 e. The largest absolute Gasteiger partial charge is 0.337 e. The van der Waals surface area contributed by atoms with Crippen molar-refractivity contribution >= 4 is 23.4 Å². The third-order valence-corrected chi connectivity index (χ3v) is 8.29. The number of piperidine rings is 1. The summed E-state index contributed by atoms with van der Waals surface area (Å²) in [4.78, 5) is 35.4. The summed E-state index contributed by atoms with van der Waals surface area (Å²) in [5.41, 5.74) is 1.82. The molecule has 0 radical (unpaired) electrons. The Bertz CT molecular complexity index is 1230. The number of hydrogen-bond donors (Lipinski definition) is 0. The van der Waals surface area contributed by atoms with Crippen molar-refractivity contribution in [2.45, 2.75) is 103 Å². The smallest absolute Gasteiger partial charge is 0.249 e. The molecule has 7 nitrogen and oxygen atoms in total. The second-order valence-corrected chi connectivity index (χ2v) is 11.8. The molecular weight excluding hydrogens is 548 g/mol. The average molecular weight is 593 g/mol. The van der Waals surface area contributed by atoms with E-state index in [0.717, 1.165) is 49.7 Å². The van der Waals surface area contributed by atoms with Gasteiger partial charge in [0.15, 0.2) is 0 Å². The average Bonchev–Trinajstić information content (AvgIpc) is 3.51. The van der Waals surface area contributed by atoms with Gasteiger partial charge in [-0.15, -0.1) is 0 Å². The Morgan fingerprint density at radius 1 is 0.929 bits per heavy atom. The van der Waals surface area contributed by atoms with E-state index >= 15 is 0 Å². The molecule has 1 aromatic heterocycles. The Morgan fingerprint density at radius 2 is 1.62 bits per heavy atom. The first-order valence-electron chi connectivity index (χ1n) is 15.8. The maximum atomic E-state index is 13.8. The number of unbranched alkanes of at least 4 members (excludes halogenated alkanes) is 8. The molecule has 0 spiro atoms. The fourth-order valence-corrected chi connectivity index (χ4v) is 5.73. The number of nitrogens with zero attached hydrogens (tertiary/aromatic N) is 4. The molecule has 2 aromatic carbocycles. The second-order valence-electron chi connectivity index (χ2n) is 11.4. The van der Waals surface area contributed by atoms with Crippen molar-refractivity contribution in [3.63, 3.8) is 0 Å². The Hall–Kier alpha value is -3.19. The number of hydrogen-bond acceptors (Lipinski definition) is 5. The quantitative estimate of drug-likeness (QED) is 0.156. The zero-order chi connectivity index (χ0) is 29.6. The van der Waals surface area contributed by atoms with Crippen molar-refractivity contribution in [1.29, 1.82) is 0 Å². The third kappa shape index (κ3) is 9.69. The molecule has 8 heteroatoms. The lowest BCUT2D eigenvalue weighted by Gasteiger charge is -2.35. The highest BCUT2D eigenvalue weighted by Crippen LogP contribution is 2.31. The monoisotopic (exact) mass is 592 g/mol. The minimum atomic E-state index is -0.300. The number of benzene rings is 2. The number of carbonyl (C=O) groups excluding carboxylic acids is 2. The normalized spacial score (nSPS) is 15.1. The van der Waals surface area contributed by atoms with Crippen LogP contribution in [0, 0.1) is 0 Å². The van der Waals surface area contributed by atoms with E-state index in [1.165, 1.54) is 38.5 Å². The minimum absolute atomic E-state index is 0.0338. The van der Waals surface area contributed by atoms with E-state index in [-0.39, 0.29) is 24.4 Å². The topological polar surface area (TPSA) is 79.5 Å². The van der Waals surface area contributed by atoms with Gasteiger partial charge in [-0.2, -0.15) is 4.98 Å². The van der Waals surface area contributed by atoms with E-state index in [9.17, 15) is 9.59 Å². The lowest BCUT2D eigenvalue weighted by atomic mass is 10.0. The van der Waals surface area contributed by atoms with Crippen LogP contribution < -0.4 is 0 Å². The zero-order valence-corrected chi connectivity index (χ0v) is 25.7. The summed E-state index contributed by atoms with van der Waals surface area (Å²) < 4.78 is 5.66. The Labute approximate surface area is 255 Å². The highest BCUT2D eigenvalue weighted by molar-refractivity contribution is 6.30. The molecule has 0 bridgehead atoms. The van der Waals surface area contributed by atoms with Gasteiger partial charge in [0.2, 0.25) is 23.5 Å². The molecule has 4 rings (SSSR count). The molecule has 42 heavy (non-hydrogen) atoms. The van der Waals surface area contributed by atoms with Crippen molar-refractivity contribution in [2.24, 2.45) is 0 Å². The maximum absolute atomic E-state index is 13.8. The molecule has 0 unspecified atom stereocenters. The molecule has 3 aromatic rings. The van der Waals surface area contributed by atoms with Gasteiger partial charge in [-0.3, -0.25) is 9.59 Å². The Morgan fingerprint density at radius 3 is 2.33 bits per heavy atom. The molecule has 0 saturated carbocycles. The van der Waals surface area contributed by atoms with Crippen molar-refractivity contribution in [3.05, 3.63) is 71.1 Å². The fourth-order valence-electron chi connectivity index (χ4n) is 5.61. The van der Waals surface area contributed by atoms with Crippen LogP contribution in [0.15, 0.2) is 59.1 Å². The SMILES string of the molecule is CCCCCCCCCCCC(=O)N(CC(=O)N1CCCC[C@H]1c1nc(-c2ccc(Cl)cc2)no1)Cc1ccccc1. The van der Waals surface area contributed by atoms with Crippen LogP contribution in [0.25, 0.3) is 11.4 Å². The summed E-state index contributed by atoms with van der Waals surface area (Å²) in [6.07, 6.45) is 13.9. The van der Waals surface area contributed by atoms with E-state index in [4.69, 9.17) is 16.1 Å². The van der Waals surface area contributed by atoms with Gasteiger partial charge in [0, 0.05) is 30.1 Å². The van der Waals surface area contributed by atoms with Crippen LogP contribution in [-0.4, -0.2) is 44.8 Å². The van der Waals surface area contributed by atoms with E-state index in [1.807, 2.05) is 47.4 Å². The zero-order valence-electron chi connectivity index (χ0n) is 25.0. The minimum Gasteiger partial charge on any atom is -0.337 e. The number of amides is 2. The highest BCUT2D eigenvalue weighted by atomic mass is 35.5. The van der Waals surface area contributed by atoms with Crippen LogP contribution in [0.4, 0.5) is 0 Å². The molecule has 1 aliphatic heterocycles. The van der Waals surface area contributed by atoms with E-state index < -0.39 is 0 Å². The van der Waals surface area contributed by atoms with Crippen LogP contribution in [0.1, 0.15) is 108 Å². The predicted molar refractivity (Wildman–Crippen MR) is 167 cm³/mol. The predicted octanol–water partition coefficient (Wildman–Crippen LogP) is 8.39. The van der Waals surface area contributed by atoms with Crippen LogP contribution in [0.5, 0.6) is 0 Å². The van der Waals surface area contributed by atoms with E-state index in [0.29, 0.717) is 36.2 Å². The molecule has 1 saturated heterocycles. The molecule has 226 valence electrons. The molecular formula is C34H45ClN4O3. The molecule has 1 fully saturated rings. The Kier molecular flexibility index (Phi) is 12.9. The first-order chi connectivity index (χ1) is 20.5. The number of carbonyl (C=O) groups is 2. The van der Waals surface area contributed by atoms with Crippen LogP contribution >= 0.6 is 11.6 Å². The van der Waals surface area contributed by atoms with Gasteiger partial charge >= 0.3 is 0 Å². The number of aromatic nitrogens is 2. The van der Waals surface area contributed by atoms with Gasteiger partial charge in [-0.25, -0.2) is 0 Å². The van der Waals surface area contributed by atoms with Gasteiger partial charge in [-0.1, -0.05) is 105 Å². The summed E-state index contributed by atoms with van der Waals surface area (Å²) in [5.74, 6) is 0.860. The summed E-state index contributed by atoms with van der Waals surface area (Å²) in [7, 11) is 0. The van der Waals surface area contributed by atoms with Gasteiger partial charge in [0.25, 0.3) is 0 Å². The van der Waals surface area contributed by atoms with Gasteiger partial charge < -0.3 is 14.3 Å². The summed E-state index contributed by atoms with van der Waals surface area (Å²) in [6, 6.07) is 16.9.